The summed E-state index contributed by atoms with van der Waals surface area (Å²) in [5.74, 6) is -11.3. The number of rotatable bonds is 3. The van der Waals surface area contributed by atoms with Crippen LogP contribution in [0.5, 0.6) is 0 Å². The van der Waals surface area contributed by atoms with Crippen molar-refractivity contribution in [2.24, 2.45) is 0 Å². The second-order valence-corrected chi connectivity index (χ2v) is 3.96. The van der Waals surface area contributed by atoms with Crippen LogP contribution in [-0.2, 0) is 9.53 Å². The minimum Gasteiger partial charge on any atom is -0.544 e. The van der Waals surface area contributed by atoms with E-state index in [1.165, 1.54) is 0 Å². The number of halogens is 12. The molecular weight excluding hydrogens is 413 g/mol. The van der Waals surface area contributed by atoms with Gasteiger partial charge in [-0.3, -0.25) is 0 Å². The van der Waals surface area contributed by atoms with E-state index in [0.29, 0.717) is 0 Å². The first kappa shape index (κ1) is 24.2. The van der Waals surface area contributed by atoms with E-state index in [-0.39, 0.29) is 51.4 Å². The molecule has 0 saturated carbocycles. The maximum atomic E-state index is 13.1. The van der Waals surface area contributed by atoms with Crippen LogP contribution in [0.25, 0.3) is 0 Å². The van der Waals surface area contributed by atoms with Crippen molar-refractivity contribution in [3.8, 4) is 0 Å². The van der Waals surface area contributed by atoms with Gasteiger partial charge in [0.1, 0.15) is 5.97 Å². The third-order valence-corrected chi connectivity index (χ3v) is 2.43. The van der Waals surface area contributed by atoms with Crippen molar-refractivity contribution in [2.75, 3.05) is 0 Å². The Kier molecular flexibility index (Phi) is 6.17. The minimum absolute atomic E-state index is 0. The van der Waals surface area contributed by atoms with Crippen LogP contribution in [0.4, 0.5) is 52.7 Å². The second-order valence-electron chi connectivity index (χ2n) is 3.96. The Hall–Kier alpha value is 0.186. The quantitative estimate of drug-likeness (QED) is 0.327. The summed E-state index contributed by atoms with van der Waals surface area (Å²) < 4.78 is 156. The zero-order valence-corrected chi connectivity index (χ0v) is 13.8. The van der Waals surface area contributed by atoms with Crippen molar-refractivity contribution in [3.63, 3.8) is 0 Å². The summed E-state index contributed by atoms with van der Waals surface area (Å²) in [5.41, 5.74) is 0. The molecule has 0 unspecified atom stereocenters. The Morgan fingerprint density at radius 1 is 0.833 bits per heavy atom. The number of carboxylic acids is 1. The predicted molar refractivity (Wildman–Crippen MR) is 37.6 cm³/mol. The molecule has 1 heterocycles. The maximum absolute atomic E-state index is 13.1. The molecule has 17 heteroatoms. The number of aliphatic carboxylic acids is 1. The molecule has 136 valence electrons. The van der Waals surface area contributed by atoms with Gasteiger partial charge in [0.25, 0.3) is 0 Å². The molecule has 4 nitrogen and oxygen atoms in total. The summed E-state index contributed by atoms with van der Waals surface area (Å²) in [7, 11) is 0. The standard InChI is InChI=1S/C7HF12NO3.K/c8-2(9,1(21)22)3(10,11)20-4(12,13)6(16,17)23-7(18,19)5(20,14)15;/h(H,21,22);/q;+1/p-1. The first-order chi connectivity index (χ1) is 9.77. The Bertz CT molecular complexity index is 497. The molecule has 0 aromatic carbocycles. The molecule has 0 amide bonds. The number of hydrogen-bond donors (Lipinski definition) is 0. The van der Waals surface area contributed by atoms with Gasteiger partial charge in [0.2, 0.25) is 0 Å². The molecule has 0 N–H and O–H groups in total. The van der Waals surface area contributed by atoms with Crippen LogP contribution >= 0.6 is 0 Å². The molecule has 0 aromatic heterocycles. The topological polar surface area (TPSA) is 52.6 Å². The van der Waals surface area contributed by atoms with Crippen LogP contribution < -0.4 is 56.5 Å². The minimum atomic E-state index is -7.44. The van der Waals surface area contributed by atoms with Gasteiger partial charge in [-0.15, -0.1) is 0 Å². The van der Waals surface area contributed by atoms with Gasteiger partial charge in [-0.05, 0) is 0 Å². The van der Waals surface area contributed by atoms with E-state index in [4.69, 9.17) is 0 Å². The van der Waals surface area contributed by atoms with Gasteiger partial charge in [0.05, 0.1) is 0 Å². The molecular formula is C7F12KNO3. The van der Waals surface area contributed by atoms with Crippen molar-refractivity contribution in [2.45, 2.75) is 36.3 Å². The molecule has 0 aromatic rings. The van der Waals surface area contributed by atoms with Crippen molar-refractivity contribution in [1.82, 2.24) is 4.90 Å². The molecule has 0 spiro atoms. The van der Waals surface area contributed by atoms with Crippen LogP contribution in [0.3, 0.4) is 0 Å². The fourth-order valence-electron chi connectivity index (χ4n) is 1.34. The maximum Gasteiger partial charge on any atom is 1.00 e. The molecule has 1 fully saturated rings. The molecule has 0 radical (unpaired) electrons. The normalized spacial score (nSPS) is 25.7. The molecule has 24 heavy (non-hydrogen) atoms. The number of alkyl halides is 12. The summed E-state index contributed by atoms with van der Waals surface area (Å²) >= 11 is 0. The summed E-state index contributed by atoms with van der Waals surface area (Å²) in [4.78, 5) is 5.88. The van der Waals surface area contributed by atoms with Crippen LogP contribution in [0, 0.1) is 0 Å². The summed E-state index contributed by atoms with van der Waals surface area (Å²) in [5, 5.41) is 9.79. The third-order valence-electron chi connectivity index (χ3n) is 2.43. The van der Waals surface area contributed by atoms with Crippen LogP contribution in [-0.4, -0.2) is 47.1 Å². The number of carboxylic acid groups (broad SMARTS) is 1. The van der Waals surface area contributed by atoms with Crippen molar-refractivity contribution < 1.29 is 119 Å². The largest absolute Gasteiger partial charge is 1.00 e. The summed E-state index contributed by atoms with van der Waals surface area (Å²) in [6.07, 6.45) is -13.6. The van der Waals surface area contributed by atoms with E-state index in [1.807, 2.05) is 0 Å². The molecule has 1 aliphatic rings. The van der Waals surface area contributed by atoms with Gasteiger partial charge < -0.3 is 9.90 Å². The van der Waals surface area contributed by atoms with Crippen molar-refractivity contribution in [1.29, 1.82) is 0 Å². The Morgan fingerprint density at radius 2 is 1.12 bits per heavy atom. The van der Waals surface area contributed by atoms with Crippen LogP contribution in [0.2, 0.25) is 0 Å². The number of morpholine rings is 1. The summed E-state index contributed by atoms with van der Waals surface area (Å²) in [6, 6.07) is -21.8. The SMILES string of the molecule is O=C([O-])C(F)(F)C(F)(F)N1C(F)(F)C(F)(F)OC(F)(F)C1(F)F.[K+]. The van der Waals surface area contributed by atoms with Crippen molar-refractivity contribution in [3.05, 3.63) is 0 Å². The van der Waals surface area contributed by atoms with Gasteiger partial charge in [-0.1, -0.05) is 4.90 Å². The molecule has 1 rings (SSSR count). The molecule has 0 bridgehead atoms. The van der Waals surface area contributed by atoms with E-state index >= 15 is 0 Å². The molecule has 0 atom stereocenters. The molecule has 1 aliphatic heterocycles. The Balaban J connectivity index is 0.00000529. The van der Waals surface area contributed by atoms with Crippen LogP contribution in [0.15, 0.2) is 0 Å². The first-order valence-electron chi connectivity index (χ1n) is 4.76. The van der Waals surface area contributed by atoms with Gasteiger partial charge in [-0.25, -0.2) is 4.74 Å². The number of ether oxygens (including phenoxy) is 1. The fourth-order valence-corrected chi connectivity index (χ4v) is 1.34. The van der Waals surface area contributed by atoms with Crippen LogP contribution in [0.1, 0.15) is 0 Å². The first-order valence-corrected chi connectivity index (χ1v) is 4.76. The Morgan fingerprint density at radius 3 is 1.38 bits per heavy atom. The monoisotopic (exact) mass is 413 g/mol. The van der Waals surface area contributed by atoms with E-state index in [9.17, 15) is 62.6 Å². The number of nitrogens with zero attached hydrogens (tertiary/aromatic N) is 1. The zero-order chi connectivity index (χ0) is 18.9. The average molecular weight is 413 g/mol. The third kappa shape index (κ3) is 3.05. The smallest absolute Gasteiger partial charge is 0.544 e. The van der Waals surface area contributed by atoms with Gasteiger partial charge in [-0.2, -0.15) is 52.7 Å². The Labute approximate surface area is 165 Å². The van der Waals surface area contributed by atoms with Gasteiger partial charge in [0, 0.05) is 0 Å². The van der Waals surface area contributed by atoms with Crippen molar-refractivity contribution >= 4 is 5.97 Å². The van der Waals surface area contributed by atoms with Gasteiger partial charge >= 0.3 is 87.7 Å². The number of carbonyl (C=O) groups is 1. The fraction of sp³-hybridized carbons (Fsp3) is 0.857. The predicted octanol–water partition coefficient (Wildman–Crippen LogP) is -1.33. The van der Waals surface area contributed by atoms with Gasteiger partial charge in [0.15, 0.2) is 0 Å². The summed E-state index contributed by atoms with van der Waals surface area (Å²) in [6.45, 7) is 0. The number of carbonyl (C=O) groups excluding carboxylic acids is 1. The molecule has 1 saturated heterocycles. The van der Waals surface area contributed by atoms with E-state index < -0.39 is 47.1 Å². The second kappa shape index (κ2) is 6.12. The number of hydrogen-bond acceptors (Lipinski definition) is 4. The van der Waals surface area contributed by atoms with E-state index in [2.05, 4.69) is 0 Å². The molecule has 0 aliphatic carbocycles. The zero-order valence-electron chi connectivity index (χ0n) is 10.7. The average Bonchev–Trinajstić information content (AvgIpc) is 2.23. The van der Waals surface area contributed by atoms with E-state index in [1.54, 1.807) is 4.74 Å². The van der Waals surface area contributed by atoms with E-state index in [0.717, 1.165) is 0 Å².